The number of benzene rings is 1. The first-order valence-electron chi connectivity index (χ1n) is 6.56. The Bertz CT molecular complexity index is 696. The third-order valence-electron chi connectivity index (χ3n) is 2.59. The highest BCUT2D eigenvalue weighted by Gasteiger charge is 2.09. The van der Waals surface area contributed by atoms with E-state index >= 15 is 0 Å². The van der Waals surface area contributed by atoms with Gasteiger partial charge in [0.25, 0.3) is 5.91 Å². The lowest BCUT2D eigenvalue weighted by atomic mass is 10.2. The lowest BCUT2D eigenvalue weighted by Gasteiger charge is -2.08. The van der Waals surface area contributed by atoms with Crippen molar-refractivity contribution in [3.8, 4) is 5.88 Å². The molecule has 1 aromatic heterocycles. The van der Waals surface area contributed by atoms with Gasteiger partial charge in [-0.15, -0.1) is 0 Å². The number of hydrazine groups is 1. The van der Waals surface area contributed by atoms with Gasteiger partial charge < -0.3 is 4.74 Å². The maximum atomic E-state index is 11.8. The second kappa shape index (κ2) is 7.99. The van der Waals surface area contributed by atoms with E-state index in [1.54, 1.807) is 43.3 Å². The van der Waals surface area contributed by atoms with Gasteiger partial charge in [0.1, 0.15) is 0 Å². The van der Waals surface area contributed by atoms with E-state index in [9.17, 15) is 9.59 Å². The van der Waals surface area contributed by atoms with Crippen LogP contribution in [-0.2, 0) is 0 Å². The molecule has 0 aliphatic rings. The van der Waals surface area contributed by atoms with E-state index in [-0.39, 0.29) is 5.95 Å². The zero-order chi connectivity index (χ0) is 16.7. The molecular formula is C14H15N5O3S. The van der Waals surface area contributed by atoms with E-state index in [0.29, 0.717) is 29.1 Å². The average Bonchev–Trinajstić information content (AvgIpc) is 2.58. The molecular weight excluding hydrogens is 318 g/mol. The molecule has 0 atom stereocenters. The highest BCUT2D eigenvalue weighted by molar-refractivity contribution is 8.14. The first kappa shape index (κ1) is 16.6. The Morgan fingerprint density at radius 3 is 2.57 bits per heavy atom. The minimum atomic E-state index is -0.515. The minimum Gasteiger partial charge on any atom is -0.481 e. The summed E-state index contributed by atoms with van der Waals surface area (Å²) in [6.07, 6.45) is 0. The molecule has 0 bridgehead atoms. The van der Waals surface area contributed by atoms with Crippen molar-refractivity contribution in [1.82, 2.24) is 20.8 Å². The molecule has 8 nitrogen and oxygen atoms in total. The zero-order valence-electron chi connectivity index (χ0n) is 12.5. The predicted molar refractivity (Wildman–Crippen MR) is 87.0 cm³/mol. The monoisotopic (exact) mass is 333 g/mol. The topological polar surface area (TPSA) is 105 Å². The van der Waals surface area contributed by atoms with Gasteiger partial charge in [-0.05, 0) is 19.1 Å². The van der Waals surface area contributed by atoms with Crippen molar-refractivity contribution in [1.29, 1.82) is 0 Å². The van der Waals surface area contributed by atoms with Gasteiger partial charge in [-0.25, -0.2) is 4.98 Å². The summed E-state index contributed by atoms with van der Waals surface area (Å²) in [6, 6.07) is 10.2. The Kier molecular flexibility index (Phi) is 5.75. The van der Waals surface area contributed by atoms with Gasteiger partial charge in [-0.1, -0.05) is 18.2 Å². The summed E-state index contributed by atoms with van der Waals surface area (Å²) in [7, 11) is 1.49. The number of nitrogens with one attached hydrogen (secondary N) is 3. The molecule has 3 N–H and O–H groups in total. The van der Waals surface area contributed by atoms with E-state index < -0.39 is 11.1 Å². The molecule has 1 aromatic carbocycles. The first-order valence-corrected chi connectivity index (χ1v) is 7.38. The highest BCUT2D eigenvalue weighted by atomic mass is 32.2. The highest BCUT2D eigenvalue weighted by Crippen LogP contribution is 2.14. The minimum absolute atomic E-state index is 0.233. The van der Waals surface area contributed by atoms with Crippen molar-refractivity contribution >= 4 is 29.0 Å². The van der Waals surface area contributed by atoms with E-state index in [4.69, 9.17) is 4.74 Å². The van der Waals surface area contributed by atoms with Crippen molar-refractivity contribution in [2.24, 2.45) is 0 Å². The number of carbonyl (C=O) groups excluding carboxylic acids is 2. The van der Waals surface area contributed by atoms with Crippen molar-refractivity contribution in [2.45, 2.75) is 6.92 Å². The van der Waals surface area contributed by atoms with Gasteiger partial charge in [-0.3, -0.25) is 25.2 Å². The molecule has 0 saturated heterocycles. The third kappa shape index (κ3) is 5.15. The molecule has 0 saturated carbocycles. The largest absolute Gasteiger partial charge is 0.481 e. The molecule has 0 aliphatic heterocycles. The molecule has 0 spiro atoms. The Balaban J connectivity index is 1.81. The number of rotatable bonds is 4. The number of anilines is 1. The maximum absolute atomic E-state index is 11.8. The summed E-state index contributed by atoms with van der Waals surface area (Å²) in [6.45, 7) is 1.78. The van der Waals surface area contributed by atoms with Gasteiger partial charge >= 0.3 is 5.24 Å². The van der Waals surface area contributed by atoms with Crippen molar-refractivity contribution in [3.63, 3.8) is 0 Å². The summed E-state index contributed by atoms with van der Waals surface area (Å²) in [4.78, 5) is 31.6. The normalized spacial score (nSPS) is 9.83. The van der Waals surface area contributed by atoms with Crippen LogP contribution in [0.15, 0.2) is 36.4 Å². The quantitative estimate of drug-likeness (QED) is 0.580. The lowest BCUT2D eigenvalue weighted by molar-refractivity contribution is 0.0939. The van der Waals surface area contributed by atoms with Crippen LogP contribution in [-0.4, -0.2) is 28.2 Å². The number of carbonyl (C=O) groups is 2. The first-order chi connectivity index (χ1) is 11.1. The maximum Gasteiger partial charge on any atom is 0.318 e. The molecule has 2 rings (SSSR count). The Morgan fingerprint density at radius 2 is 1.87 bits per heavy atom. The van der Waals surface area contributed by atoms with Gasteiger partial charge in [0.15, 0.2) is 0 Å². The van der Waals surface area contributed by atoms with E-state index in [0.717, 1.165) is 0 Å². The van der Waals surface area contributed by atoms with Gasteiger partial charge in [0.2, 0.25) is 11.8 Å². The molecule has 120 valence electrons. The van der Waals surface area contributed by atoms with Crippen LogP contribution in [0.1, 0.15) is 16.1 Å². The smallest absolute Gasteiger partial charge is 0.318 e. The van der Waals surface area contributed by atoms with Crippen LogP contribution >= 0.6 is 11.9 Å². The number of hydrogen-bond donors (Lipinski definition) is 3. The number of ether oxygens (including phenoxy) is 1. The average molecular weight is 333 g/mol. The fraction of sp³-hybridized carbons (Fsp3) is 0.143. The summed E-state index contributed by atoms with van der Waals surface area (Å²) in [5.41, 5.74) is 5.71. The number of aryl methyl sites for hydroxylation is 1. The molecule has 0 radical (unpaired) electrons. The number of aromatic nitrogens is 2. The zero-order valence-corrected chi connectivity index (χ0v) is 13.3. The molecule has 2 amide bonds. The number of methoxy groups -OCH3 is 1. The fourth-order valence-electron chi connectivity index (χ4n) is 1.58. The molecule has 23 heavy (non-hydrogen) atoms. The Morgan fingerprint density at radius 1 is 1.13 bits per heavy atom. The van der Waals surface area contributed by atoms with Crippen molar-refractivity contribution in [2.75, 3.05) is 11.8 Å². The van der Waals surface area contributed by atoms with Gasteiger partial charge in [0.05, 0.1) is 19.1 Å². The summed E-state index contributed by atoms with van der Waals surface area (Å²) in [5.74, 6) is 0.211. The summed E-state index contributed by atoms with van der Waals surface area (Å²) >= 11 is 0.699. The van der Waals surface area contributed by atoms with E-state index in [1.165, 1.54) is 7.11 Å². The summed E-state index contributed by atoms with van der Waals surface area (Å²) in [5, 5.41) is -0.515. The molecule has 0 fully saturated rings. The summed E-state index contributed by atoms with van der Waals surface area (Å²) < 4.78 is 7.69. The van der Waals surface area contributed by atoms with Gasteiger partial charge in [0, 0.05) is 17.3 Å². The van der Waals surface area contributed by atoms with Crippen LogP contribution in [0.25, 0.3) is 0 Å². The predicted octanol–water partition coefficient (Wildman–Crippen LogP) is 1.91. The van der Waals surface area contributed by atoms with E-state index in [1.807, 2.05) is 0 Å². The number of amides is 2. The van der Waals surface area contributed by atoms with Crippen LogP contribution in [0.4, 0.5) is 10.7 Å². The molecule has 0 aliphatic carbocycles. The second-order valence-electron chi connectivity index (χ2n) is 4.31. The molecule has 2 aromatic rings. The van der Waals surface area contributed by atoms with Crippen LogP contribution in [0, 0.1) is 6.92 Å². The number of nitrogens with zero attached hydrogens (tertiary/aromatic N) is 2. The standard InChI is InChI=1S/C14H15N5O3S/c1-9-8-11(22-2)16-13(15-9)19-23-14(21)18-17-12(20)10-6-4-3-5-7-10/h3-8H,1-2H3,(H,17,20)(H,18,21)(H,15,16,19). The Hall–Kier alpha value is -2.81. The molecule has 0 unspecified atom stereocenters. The Labute approximate surface area is 137 Å². The van der Waals surface area contributed by atoms with Gasteiger partial charge in [-0.2, -0.15) is 4.98 Å². The second-order valence-corrected chi connectivity index (χ2v) is 5.09. The van der Waals surface area contributed by atoms with Crippen LogP contribution in [0.5, 0.6) is 5.88 Å². The van der Waals surface area contributed by atoms with Crippen LogP contribution in [0.2, 0.25) is 0 Å². The van der Waals surface area contributed by atoms with E-state index in [2.05, 4.69) is 25.5 Å². The van der Waals surface area contributed by atoms with Crippen molar-refractivity contribution < 1.29 is 14.3 Å². The number of hydrogen-bond acceptors (Lipinski definition) is 7. The molecule has 9 heteroatoms. The third-order valence-corrected chi connectivity index (χ3v) is 3.16. The van der Waals surface area contributed by atoms with Crippen molar-refractivity contribution in [3.05, 3.63) is 47.7 Å². The fourth-order valence-corrected chi connectivity index (χ4v) is 1.95. The van der Waals surface area contributed by atoms with Crippen LogP contribution < -0.4 is 20.3 Å². The lowest BCUT2D eigenvalue weighted by Crippen LogP contribution is -2.40. The molecule has 1 heterocycles. The van der Waals surface area contributed by atoms with Crippen LogP contribution in [0.3, 0.4) is 0 Å². The SMILES string of the molecule is COc1cc(C)nc(NSC(=O)NNC(=O)c2ccccc2)n1.